The predicted molar refractivity (Wildman–Crippen MR) is 105 cm³/mol. The Morgan fingerprint density at radius 2 is 1.78 bits per heavy atom. The number of para-hydroxylation sites is 1. The number of carbonyl (C=O) groups is 3. The van der Waals surface area contributed by atoms with Crippen molar-refractivity contribution in [3.8, 4) is 17.0 Å². The Kier molecular flexibility index (Phi) is 6.57. The van der Waals surface area contributed by atoms with E-state index in [0.29, 0.717) is 17.9 Å². The molecule has 11 heteroatoms. The van der Waals surface area contributed by atoms with Crippen molar-refractivity contribution in [2.45, 2.75) is 12.6 Å². The summed E-state index contributed by atoms with van der Waals surface area (Å²) in [5.74, 6) is -2.90. The number of aromatic amines is 1. The van der Waals surface area contributed by atoms with E-state index in [4.69, 9.17) is 14.6 Å². The van der Waals surface area contributed by atoms with E-state index >= 15 is 0 Å². The highest BCUT2D eigenvalue weighted by Gasteiger charge is 2.38. The van der Waals surface area contributed by atoms with Gasteiger partial charge in [0.2, 0.25) is 0 Å². The van der Waals surface area contributed by atoms with Crippen molar-refractivity contribution in [1.29, 1.82) is 0 Å². The molecule has 166 valence electrons. The summed E-state index contributed by atoms with van der Waals surface area (Å²) in [5.41, 5.74) is 3.31. The van der Waals surface area contributed by atoms with Crippen LogP contribution in [-0.2, 0) is 11.2 Å². The van der Waals surface area contributed by atoms with Gasteiger partial charge in [-0.2, -0.15) is 13.2 Å². The molecular weight excluding hydrogens is 431 g/mol. The fraction of sp³-hybridized carbons (Fsp3) is 0.143. The minimum absolute atomic E-state index is 0.0819. The van der Waals surface area contributed by atoms with Gasteiger partial charge in [-0.1, -0.05) is 18.2 Å². The molecule has 2 aromatic heterocycles. The molecule has 1 aliphatic rings. The molecule has 0 bridgehead atoms. The van der Waals surface area contributed by atoms with Crippen molar-refractivity contribution in [3.05, 3.63) is 71.7 Å². The van der Waals surface area contributed by atoms with Crippen LogP contribution >= 0.6 is 0 Å². The Balaban J connectivity index is 0.000000360. The lowest BCUT2D eigenvalue weighted by Crippen LogP contribution is -2.31. The molecule has 3 N–H and O–H groups in total. The summed E-state index contributed by atoms with van der Waals surface area (Å²) in [4.78, 5) is 40.4. The number of rotatable bonds is 3. The predicted octanol–water partition coefficient (Wildman–Crippen LogP) is 3.22. The van der Waals surface area contributed by atoms with Crippen molar-refractivity contribution in [2.75, 3.05) is 6.54 Å². The number of hydrogen-bond acceptors (Lipinski definition) is 5. The third-order valence-corrected chi connectivity index (χ3v) is 4.28. The number of pyridine rings is 1. The van der Waals surface area contributed by atoms with E-state index in [-0.39, 0.29) is 11.6 Å². The average molecular weight is 447 g/mol. The number of aliphatic carboxylic acids is 1. The number of halogens is 3. The smallest absolute Gasteiger partial charge is 0.475 e. The second kappa shape index (κ2) is 9.33. The molecule has 4 rings (SSSR count). The highest BCUT2D eigenvalue weighted by atomic mass is 19.4. The topological polar surface area (TPSA) is 121 Å². The summed E-state index contributed by atoms with van der Waals surface area (Å²) in [6.07, 6.45) is -2.77. The van der Waals surface area contributed by atoms with E-state index in [1.54, 1.807) is 48.7 Å². The van der Waals surface area contributed by atoms with Crippen LogP contribution in [0.15, 0.2) is 54.7 Å². The number of aromatic nitrogens is 2. The quantitative estimate of drug-likeness (QED) is 0.419. The second-order valence-electron chi connectivity index (χ2n) is 6.52. The van der Waals surface area contributed by atoms with Gasteiger partial charge in [0, 0.05) is 36.1 Å². The lowest BCUT2D eigenvalue weighted by molar-refractivity contribution is -0.192. The maximum absolute atomic E-state index is 12.3. The first-order valence-corrected chi connectivity index (χ1v) is 9.19. The Labute approximate surface area is 179 Å². The molecular formula is C21H16F3N3O5. The molecule has 8 nitrogen and oxygen atoms in total. The number of nitrogens with zero attached hydrogens (tertiary/aromatic N) is 1. The van der Waals surface area contributed by atoms with Gasteiger partial charge >= 0.3 is 18.1 Å². The van der Waals surface area contributed by atoms with Crippen molar-refractivity contribution in [3.63, 3.8) is 0 Å². The zero-order valence-electron chi connectivity index (χ0n) is 16.3. The lowest BCUT2D eigenvalue weighted by Gasteiger charge is -2.10. The number of carbonyl (C=O) groups excluding carboxylic acids is 2. The number of ether oxygens (including phenoxy) is 1. The molecule has 0 aliphatic carbocycles. The Hall–Kier alpha value is -4.15. The van der Waals surface area contributed by atoms with Crippen LogP contribution in [0.2, 0.25) is 0 Å². The van der Waals surface area contributed by atoms with E-state index in [0.717, 1.165) is 23.4 Å². The van der Waals surface area contributed by atoms with E-state index in [1.807, 2.05) is 6.07 Å². The molecule has 0 atom stereocenters. The van der Waals surface area contributed by atoms with Crippen LogP contribution in [0, 0.1) is 0 Å². The summed E-state index contributed by atoms with van der Waals surface area (Å²) in [6, 6.07) is 14.1. The number of carboxylic acids is 1. The third-order valence-electron chi connectivity index (χ3n) is 4.28. The van der Waals surface area contributed by atoms with Gasteiger partial charge in [0.05, 0.1) is 5.56 Å². The minimum Gasteiger partial charge on any atom is -0.475 e. The van der Waals surface area contributed by atoms with Crippen molar-refractivity contribution >= 4 is 17.8 Å². The standard InChI is InChI=1S/C19H15N3O3.C2HF3O2/c23-18-14-11-16(22-15(14)7-9-21-18)12-6-8-20-17(10-12)19(24)25-13-4-2-1-3-5-13;3-2(4,5)1(6)7/h1-6,8,10-11,22H,7,9H2,(H,21,23);(H,6,7). The van der Waals surface area contributed by atoms with Crippen molar-refractivity contribution in [1.82, 2.24) is 15.3 Å². The second-order valence-corrected chi connectivity index (χ2v) is 6.52. The van der Waals surface area contributed by atoms with Crippen LogP contribution in [0.1, 0.15) is 26.5 Å². The zero-order valence-corrected chi connectivity index (χ0v) is 16.3. The molecule has 1 aliphatic heterocycles. The first kappa shape index (κ1) is 22.5. The van der Waals surface area contributed by atoms with Gasteiger partial charge in [-0.3, -0.25) is 4.79 Å². The number of hydrogen-bond donors (Lipinski definition) is 3. The average Bonchev–Trinajstić information content (AvgIpc) is 3.20. The molecule has 3 heterocycles. The number of benzene rings is 1. The van der Waals surface area contributed by atoms with E-state index < -0.39 is 18.1 Å². The Morgan fingerprint density at radius 3 is 2.41 bits per heavy atom. The van der Waals surface area contributed by atoms with Crippen LogP contribution in [-0.4, -0.2) is 45.6 Å². The van der Waals surface area contributed by atoms with Crippen molar-refractivity contribution in [2.24, 2.45) is 0 Å². The summed E-state index contributed by atoms with van der Waals surface area (Å²) in [5, 5.41) is 9.94. The number of nitrogens with one attached hydrogen (secondary N) is 2. The van der Waals surface area contributed by atoms with E-state index in [1.165, 1.54) is 0 Å². The highest BCUT2D eigenvalue weighted by Crippen LogP contribution is 2.24. The normalized spacial score (nSPS) is 12.7. The minimum atomic E-state index is -5.08. The molecule has 1 aromatic carbocycles. The van der Waals surface area contributed by atoms with Gasteiger partial charge in [0.1, 0.15) is 11.4 Å². The van der Waals surface area contributed by atoms with Gasteiger partial charge in [-0.05, 0) is 30.3 Å². The summed E-state index contributed by atoms with van der Waals surface area (Å²) in [6.45, 7) is 0.622. The molecule has 0 saturated carbocycles. The molecule has 32 heavy (non-hydrogen) atoms. The monoisotopic (exact) mass is 447 g/mol. The molecule has 0 saturated heterocycles. The lowest BCUT2D eigenvalue weighted by atomic mass is 10.1. The third kappa shape index (κ3) is 5.50. The molecule has 0 radical (unpaired) electrons. The number of H-pyrrole nitrogens is 1. The van der Waals surface area contributed by atoms with Crippen LogP contribution in [0.3, 0.4) is 0 Å². The summed E-state index contributed by atoms with van der Waals surface area (Å²) in [7, 11) is 0. The molecule has 0 spiro atoms. The van der Waals surface area contributed by atoms with Crippen LogP contribution in [0.5, 0.6) is 5.75 Å². The zero-order chi connectivity index (χ0) is 23.3. The molecule has 0 unspecified atom stereocenters. The fourth-order valence-corrected chi connectivity index (χ4v) is 2.81. The largest absolute Gasteiger partial charge is 0.490 e. The summed E-state index contributed by atoms with van der Waals surface area (Å²) >= 11 is 0. The molecule has 3 aromatic rings. The highest BCUT2D eigenvalue weighted by molar-refractivity contribution is 5.98. The molecule has 0 fully saturated rings. The Bertz CT molecular complexity index is 1140. The van der Waals surface area contributed by atoms with Gasteiger partial charge in [-0.15, -0.1) is 0 Å². The number of alkyl halides is 3. The van der Waals surface area contributed by atoms with Crippen LogP contribution in [0.25, 0.3) is 11.3 Å². The SMILES string of the molecule is O=C(O)C(F)(F)F.O=C(Oc1ccccc1)c1cc(-c2cc3c([nH]2)CCNC3=O)ccn1. The first-order valence-electron chi connectivity index (χ1n) is 9.19. The molecule has 1 amide bonds. The maximum atomic E-state index is 12.3. The number of carboxylic acid groups (broad SMARTS) is 1. The van der Waals surface area contributed by atoms with Gasteiger partial charge in [0.25, 0.3) is 5.91 Å². The number of amides is 1. The summed E-state index contributed by atoms with van der Waals surface area (Å²) < 4.78 is 37.0. The first-order chi connectivity index (χ1) is 15.1. The number of esters is 1. The number of fused-ring (bicyclic) bond motifs is 1. The van der Waals surface area contributed by atoms with Gasteiger partial charge in [-0.25, -0.2) is 14.6 Å². The van der Waals surface area contributed by atoms with E-state index in [9.17, 15) is 22.8 Å². The van der Waals surface area contributed by atoms with Crippen LogP contribution < -0.4 is 10.1 Å². The van der Waals surface area contributed by atoms with E-state index in [2.05, 4.69) is 15.3 Å². The fourth-order valence-electron chi connectivity index (χ4n) is 2.81. The maximum Gasteiger partial charge on any atom is 0.490 e. The van der Waals surface area contributed by atoms with Gasteiger partial charge < -0.3 is 20.1 Å². The Morgan fingerprint density at radius 1 is 1.09 bits per heavy atom. The van der Waals surface area contributed by atoms with Crippen molar-refractivity contribution < 1.29 is 37.4 Å². The van der Waals surface area contributed by atoms with Gasteiger partial charge in [0.15, 0.2) is 0 Å². The van der Waals surface area contributed by atoms with Crippen LogP contribution in [0.4, 0.5) is 13.2 Å².